The van der Waals surface area contributed by atoms with Crippen LogP contribution in [0.2, 0.25) is 0 Å². The molecule has 19 heavy (non-hydrogen) atoms. The van der Waals surface area contributed by atoms with Gasteiger partial charge < -0.3 is 14.2 Å². The van der Waals surface area contributed by atoms with Gasteiger partial charge in [-0.3, -0.25) is 0 Å². The summed E-state index contributed by atoms with van der Waals surface area (Å²) >= 11 is 0. The molecule has 0 aliphatic heterocycles. The molecule has 106 valence electrons. The molecule has 0 amide bonds. The summed E-state index contributed by atoms with van der Waals surface area (Å²) in [5.74, 6) is 0.469. The van der Waals surface area contributed by atoms with Gasteiger partial charge >= 0.3 is 5.97 Å². The summed E-state index contributed by atoms with van der Waals surface area (Å²) in [5.41, 5.74) is 1.47. The Bertz CT molecular complexity index is 401. The Morgan fingerprint density at radius 2 is 1.95 bits per heavy atom. The highest BCUT2D eigenvalue weighted by Crippen LogP contribution is 2.19. The van der Waals surface area contributed by atoms with Gasteiger partial charge in [-0.2, -0.15) is 0 Å². The van der Waals surface area contributed by atoms with E-state index in [2.05, 4.69) is 0 Å². The number of ether oxygens (including phenoxy) is 3. The summed E-state index contributed by atoms with van der Waals surface area (Å²) < 4.78 is 15.8. The maximum Gasteiger partial charge on any atom is 0.338 e. The van der Waals surface area contributed by atoms with Crippen molar-refractivity contribution >= 4 is 5.97 Å². The maximum absolute atomic E-state index is 11.8. The number of rotatable bonds is 8. The number of benzene rings is 1. The molecule has 0 N–H and O–H groups in total. The third-order valence-corrected chi connectivity index (χ3v) is 2.52. The molecule has 0 unspecified atom stereocenters. The molecule has 0 saturated carbocycles. The Morgan fingerprint density at radius 3 is 2.58 bits per heavy atom. The van der Waals surface area contributed by atoms with Gasteiger partial charge in [-0.15, -0.1) is 0 Å². The monoisotopic (exact) mass is 266 g/mol. The van der Waals surface area contributed by atoms with E-state index in [1.165, 1.54) is 0 Å². The zero-order chi connectivity index (χ0) is 14.1. The van der Waals surface area contributed by atoms with E-state index in [1.54, 1.807) is 18.2 Å². The summed E-state index contributed by atoms with van der Waals surface area (Å²) in [4.78, 5) is 11.8. The Labute approximate surface area is 114 Å². The zero-order valence-electron chi connectivity index (χ0n) is 11.9. The van der Waals surface area contributed by atoms with Crippen molar-refractivity contribution in [3.63, 3.8) is 0 Å². The smallest absolute Gasteiger partial charge is 0.338 e. The molecule has 1 aromatic carbocycles. The van der Waals surface area contributed by atoms with Gasteiger partial charge in [0.1, 0.15) is 12.4 Å². The van der Waals surface area contributed by atoms with Crippen molar-refractivity contribution in [1.82, 2.24) is 0 Å². The van der Waals surface area contributed by atoms with E-state index in [1.807, 2.05) is 20.8 Å². The molecule has 0 radical (unpaired) electrons. The summed E-state index contributed by atoms with van der Waals surface area (Å²) in [7, 11) is 0. The minimum atomic E-state index is -0.328. The SMILES string of the molecule is CCCOCCOC(=O)c1ccc(OCC)c(C)c1. The molecule has 0 spiro atoms. The van der Waals surface area contributed by atoms with Crippen molar-refractivity contribution in [2.24, 2.45) is 0 Å². The fourth-order valence-corrected chi connectivity index (χ4v) is 1.62. The van der Waals surface area contributed by atoms with Crippen molar-refractivity contribution in [2.45, 2.75) is 27.2 Å². The largest absolute Gasteiger partial charge is 0.494 e. The molecule has 0 aromatic heterocycles. The van der Waals surface area contributed by atoms with Gasteiger partial charge in [0.05, 0.1) is 18.8 Å². The summed E-state index contributed by atoms with van der Waals surface area (Å²) in [6.07, 6.45) is 0.964. The lowest BCUT2D eigenvalue weighted by Crippen LogP contribution is -2.11. The second kappa shape index (κ2) is 8.53. The van der Waals surface area contributed by atoms with Crippen LogP contribution >= 0.6 is 0 Å². The number of carbonyl (C=O) groups excluding carboxylic acids is 1. The average Bonchev–Trinajstić information content (AvgIpc) is 2.41. The van der Waals surface area contributed by atoms with E-state index in [0.717, 1.165) is 17.7 Å². The van der Waals surface area contributed by atoms with Crippen LogP contribution in [0.15, 0.2) is 18.2 Å². The van der Waals surface area contributed by atoms with Crippen LogP contribution in [0.4, 0.5) is 0 Å². The Kier molecular flexibility index (Phi) is 6.97. The minimum Gasteiger partial charge on any atom is -0.494 e. The standard InChI is InChI=1S/C15H22O4/c1-4-8-17-9-10-19-15(16)13-6-7-14(18-5-2)12(3)11-13/h6-7,11H,4-5,8-10H2,1-3H3. The zero-order valence-corrected chi connectivity index (χ0v) is 11.9. The quantitative estimate of drug-likeness (QED) is 0.536. The molecule has 0 bridgehead atoms. The second-order valence-electron chi connectivity index (χ2n) is 4.16. The maximum atomic E-state index is 11.8. The minimum absolute atomic E-state index is 0.283. The molecular weight excluding hydrogens is 244 g/mol. The molecule has 0 aliphatic carbocycles. The average molecular weight is 266 g/mol. The number of carbonyl (C=O) groups is 1. The first-order valence-electron chi connectivity index (χ1n) is 6.67. The normalized spacial score (nSPS) is 10.3. The fourth-order valence-electron chi connectivity index (χ4n) is 1.62. The number of hydrogen-bond acceptors (Lipinski definition) is 4. The summed E-state index contributed by atoms with van der Waals surface area (Å²) in [5, 5.41) is 0. The van der Waals surface area contributed by atoms with Crippen molar-refractivity contribution in [1.29, 1.82) is 0 Å². The molecular formula is C15H22O4. The Balaban J connectivity index is 2.46. The highest BCUT2D eigenvalue weighted by Gasteiger charge is 2.09. The van der Waals surface area contributed by atoms with E-state index in [0.29, 0.717) is 25.4 Å². The number of esters is 1. The van der Waals surface area contributed by atoms with E-state index < -0.39 is 0 Å². The van der Waals surface area contributed by atoms with Gasteiger partial charge in [-0.1, -0.05) is 6.92 Å². The van der Waals surface area contributed by atoms with E-state index in [-0.39, 0.29) is 12.6 Å². The molecule has 0 saturated heterocycles. The Hall–Kier alpha value is -1.55. The third-order valence-electron chi connectivity index (χ3n) is 2.52. The van der Waals surface area contributed by atoms with Crippen LogP contribution in [0.1, 0.15) is 36.2 Å². The predicted molar refractivity (Wildman–Crippen MR) is 73.7 cm³/mol. The van der Waals surface area contributed by atoms with Crippen molar-refractivity contribution in [2.75, 3.05) is 26.4 Å². The first kappa shape index (κ1) is 15.5. The topological polar surface area (TPSA) is 44.8 Å². The van der Waals surface area contributed by atoms with Gasteiger partial charge in [0, 0.05) is 6.61 Å². The predicted octanol–water partition coefficient (Wildman–Crippen LogP) is 2.98. The van der Waals surface area contributed by atoms with Crippen LogP contribution in [0.25, 0.3) is 0 Å². The molecule has 1 aromatic rings. The molecule has 0 fully saturated rings. The van der Waals surface area contributed by atoms with Gasteiger partial charge in [0.2, 0.25) is 0 Å². The van der Waals surface area contributed by atoms with Crippen LogP contribution in [0, 0.1) is 6.92 Å². The fraction of sp³-hybridized carbons (Fsp3) is 0.533. The molecule has 0 aliphatic rings. The van der Waals surface area contributed by atoms with Crippen LogP contribution in [0.5, 0.6) is 5.75 Å². The summed E-state index contributed by atoms with van der Waals surface area (Å²) in [6.45, 7) is 7.90. The molecule has 1 rings (SSSR count). The number of hydrogen-bond donors (Lipinski definition) is 0. The summed E-state index contributed by atoms with van der Waals surface area (Å²) in [6, 6.07) is 5.29. The van der Waals surface area contributed by atoms with Gasteiger partial charge in [-0.05, 0) is 44.0 Å². The van der Waals surface area contributed by atoms with Gasteiger partial charge in [-0.25, -0.2) is 4.79 Å². The van der Waals surface area contributed by atoms with Crippen molar-refractivity contribution in [3.8, 4) is 5.75 Å². The highest BCUT2D eigenvalue weighted by molar-refractivity contribution is 5.89. The lowest BCUT2D eigenvalue weighted by Gasteiger charge is -2.09. The first-order chi connectivity index (χ1) is 9.19. The highest BCUT2D eigenvalue weighted by atomic mass is 16.6. The molecule has 4 nitrogen and oxygen atoms in total. The van der Waals surface area contributed by atoms with Crippen LogP contribution in [-0.4, -0.2) is 32.4 Å². The van der Waals surface area contributed by atoms with E-state index in [9.17, 15) is 4.79 Å². The van der Waals surface area contributed by atoms with Gasteiger partial charge in [0.15, 0.2) is 0 Å². The lowest BCUT2D eigenvalue weighted by molar-refractivity contribution is 0.0318. The molecule has 4 heteroatoms. The number of aryl methyl sites for hydroxylation is 1. The Morgan fingerprint density at radius 1 is 1.16 bits per heavy atom. The van der Waals surface area contributed by atoms with Gasteiger partial charge in [0.25, 0.3) is 0 Å². The first-order valence-corrected chi connectivity index (χ1v) is 6.67. The van der Waals surface area contributed by atoms with E-state index >= 15 is 0 Å². The lowest BCUT2D eigenvalue weighted by atomic mass is 10.1. The second-order valence-corrected chi connectivity index (χ2v) is 4.16. The van der Waals surface area contributed by atoms with Crippen LogP contribution in [-0.2, 0) is 9.47 Å². The molecule has 0 atom stereocenters. The van der Waals surface area contributed by atoms with Crippen molar-refractivity contribution in [3.05, 3.63) is 29.3 Å². The van der Waals surface area contributed by atoms with Crippen LogP contribution < -0.4 is 4.74 Å². The van der Waals surface area contributed by atoms with Crippen molar-refractivity contribution < 1.29 is 19.0 Å². The molecule has 0 heterocycles. The van der Waals surface area contributed by atoms with Crippen LogP contribution in [0.3, 0.4) is 0 Å². The van der Waals surface area contributed by atoms with E-state index in [4.69, 9.17) is 14.2 Å². The third kappa shape index (κ3) is 5.30.